The van der Waals surface area contributed by atoms with Crippen LogP contribution in [0.1, 0.15) is 43.1 Å². The molecule has 1 unspecified atom stereocenters. The lowest BCUT2D eigenvalue weighted by molar-refractivity contribution is 0.0952. The minimum absolute atomic E-state index is 0.157. The highest BCUT2D eigenvalue weighted by atomic mass is 79.9. The molecule has 0 aromatic heterocycles. The summed E-state index contributed by atoms with van der Waals surface area (Å²) in [7, 11) is 0. The number of rotatable bonds is 4. The average Bonchev–Trinajstić information content (AvgIpc) is 2.23. The average molecular weight is 330 g/mol. The summed E-state index contributed by atoms with van der Waals surface area (Å²) in [5, 5.41) is 2.87. The Labute approximate surface area is 122 Å². The van der Waals surface area contributed by atoms with Crippen molar-refractivity contribution in [1.29, 1.82) is 0 Å². The maximum atomic E-state index is 13.0. The molecule has 0 aliphatic rings. The van der Waals surface area contributed by atoms with Crippen LogP contribution in [0, 0.1) is 18.2 Å². The Bertz CT molecular complexity index is 454. The lowest BCUT2D eigenvalue weighted by atomic mass is 9.90. The molecule has 0 fully saturated rings. The molecule has 0 aliphatic heterocycles. The second-order valence-electron chi connectivity index (χ2n) is 6.03. The van der Waals surface area contributed by atoms with Crippen LogP contribution in [0.2, 0.25) is 0 Å². The van der Waals surface area contributed by atoms with Crippen LogP contribution in [-0.2, 0) is 0 Å². The van der Waals surface area contributed by atoms with Crippen molar-refractivity contribution in [2.75, 3.05) is 6.54 Å². The predicted octanol–water partition coefficient (Wildman–Crippen LogP) is 4.06. The van der Waals surface area contributed by atoms with Crippen molar-refractivity contribution in [1.82, 2.24) is 5.32 Å². The minimum atomic E-state index is -0.319. The molecule has 1 amide bonds. The number of benzene rings is 1. The van der Waals surface area contributed by atoms with Gasteiger partial charge in [-0.25, -0.2) is 4.39 Å². The molecule has 0 bridgehead atoms. The third kappa shape index (κ3) is 5.72. The van der Waals surface area contributed by atoms with Gasteiger partial charge in [0, 0.05) is 16.9 Å². The van der Waals surface area contributed by atoms with E-state index in [1.807, 2.05) is 0 Å². The summed E-state index contributed by atoms with van der Waals surface area (Å²) in [5.41, 5.74) is 1.39. The molecule has 0 heterocycles. The molecule has 19 heavy (non-hydrogen) atoms. The molecule has 1 aromatic rings. The van der Waals surface area contributed by atoms with Crippen molar-refractivity contribution in [2.24, 2.45) is 5.41 Å². The fourth-order valence-electron chi connectivity index (χ4n) is 1.92. The summed E-state index contributed by atoms with van der Waals surface area (Å²) in [6.07, 6.45) is 0.968. The van der Waals surface area contributed by atoms with E-state index in [1.165, 1.54) is 18.2 Å². The number of carbonyl (C=O) groups is 1. The molecule has 0 radical (unpaired) electrons. The van der Waals surface area contributed by atoms with Crippen molar-refractivity contribution >= 4 is 21.8 Å². The van der Waals surface area contributed by atoms with Crippen LogP contribution in [0.4, 0.5) is 4.39 Å². The van der Waals surface area contributed by atoms with Crippen LogP contribution in [-0.4, -0.2) is 17.3 Å². The van der Waals surface area contributed by atoms with E-state index in [2.05, 4.69) is 42.0 Å². The van der Waals surface area contributed by atoms with Crippen molar-refractivity contribution in [2.45, 2.75) is 38.9 Å². The van der Waals surface area contributed by atoms with E-state index in [0.717, 1.165) is 6.42 Å². The fourth-order valence-corrected chi connectivity index (χ4v) is 3.05. The van der Waals surface area contributed by atoms with Crippen molar-refractivity contribution in [3.8, 4) is 0 Å². The Morgan fingerprint density at radius 3 is 2.58 bits per heavy atom. The topological polar surface area (TPSA) is 29.1 Å². The Hall–Kier alpha value is -0.900. The Morgan fingerprint density at radius 1 is 1.42 bits per heavy atom. The van der Waals surface area contributed by atoms with Gasteiger partial charge in [0.25, 0.3) is 5.91 Å². The number of alkyl halides is 1. The fraction of sp³-hybridized carbons (Fsp3) is 0.533. The highest BCUT2D eigenvalue weighted by Crippen LogP contribution is 2.24. The first kappa shape index (κ1) is 16.2. The van der Waals surface area contributed by atoms with Gasteiger partial charge in [0.05, 0.1) is 0 Å². The first-order valence-corrected chi connectivity index (χ1v) is 7.29. The van der Waals surface area contributed by atoms with Crippen LogP contribution in [0.25, 0.3) is 0 Å². The summed E-state index contributed by atoms with van der Waals surface area (Å²) in [6, 6.07) is 4.20. The maximum Gasteiger partial charge on any atom is 0.251 e. The highest BCUT2D eigenvalue weighted by molar-refractivity contribution is 9.09. The summed E-state index contributed by atoms with van der Waals surface area (Å²) in [6.45, 7) is 8.78. The van der Waals surface area contributed by atoms with E-state index in [9.17, 15) is 9.18 Å². The molecule has 4 heteroatoms. The van der Waals surface area contributed by atoms with E-state index in [0.29, 0.717) is 17.7 Å². The molecule has 106 valence electrons. The second-order valence-corrected chi connectivity index (χ2v) is 7.33. The van der Waals surface area contributed by atoms with Gasteiger partial charge < -0.3 is 5.32 Å². The lowest BCUT2D eigenvalue weighted by Gasteiger charge is -2.22. The van der Waals surface area contributed by atoms with E-state index in [-0.39, 0.29) is 22.0 Å². The summed E-state index contributed by atoms with van der Waals surface area (Å²) in [5.74, 6) is -0.476. The quantitative estimate of drug-likeness (QED) is 0.829. The standard InChI is InChI=1S/C15H21BrFNO/c1-10-7-12(17)5-6-13(10)14(19)18-9-11(16)8-15(2,3)4/h5-7,11H,8-9H2,1-4H3,(H,18,19). The molecule has 0 aliphatic carbocycles. The van der Waals surface area contributed by atoms with E-state index in [4.69, 9.17) is 0 Å². The lowest BCUT2D eigenvalue weighted by Crippen LogP contribution is -2.31. The van der Waals surface area contributed by atoms with Crippen LogP contribution >= 0.6 is 15.9 Å². The van der Waals surface area contributed by atoms with Crippen LogP contribution in [0.5, 0.6) is 0 Å². The Balaban J connectivity index is 2.56. The van der Waals surface area contributed by atoms with Gasteiger partial charge in [-0.3, -0.25) is 4.79 Å². The molecule has 0 saturated carbocycles. The number of amides is 1. The van der Waals surface area contributed by atoms with Crippen LogP contribution in [0.3, 0.4) is 0 Å². The van der Waals surface area contributed by atoms with E-state index in [1.54, 1.807) is 6.92 Å². The SMILES string of the molecule is Cc1cc(F)ccc1C(=O)NCC(Br)CC(C)(C)C. The zero-order valence-electron chi connectivity index (χ0n) is 11.9. The molecule has 1 rings (SSSR count). The summed E-state index contributed by atoms with van der Waals surface area (Å²) in [4.78, 5) is 12.2. The minimum Gasteiger partial charge on any atom is -0.351 e. The normalized spacial score (nSPS) is 13.2. The van der Waals surface area contributed by atoms with Gasteiger partial charge in [-0.2, -0.15) is 0 Å². The molecule has 1 N–H and O–H groups in total. The smallest absolute Gasteiger partial charge is 0.251 e. The van der Waals surface area contributed by atoms with Gasteiger partial charge in [-0.1, -0.05) is 36.7 Å². The zero-order chi connectivity index (χ0) is 14.6. The number of hydrogen-bond acceptors (Lipinski definition) is 1. The monoisotopic (exact) mass is 329 g/mol. The van der Waals surface area contributed by atoms with Crippen molar-refractivity contribution in [3.05, 3.63) is 35.1 Å². The van der Waals surface area contributed by atoms with Gasteiger partial charge in [0.15, 0.2) is 0 Å². The first-order chi connectivity index (χ1) is 8.69. The molecule has 2 nitrogen and oxygen atoms in total. The van der Waals surface area contributed by atoms with Gasteiger partial charge in [0.2, 0.25) is 0 Å². The number of hydrogen-bond donors (Lipinski definition) is 1. The third-order valence-electron chi connectivity index (χ3n) is 2.75. The molecular formula is C15H21BrFNO. The zero-order valence-corrected chi connectivity index (χ0v) is 13.5. The molecule has 0 saturated heterocycles. The summed E-state index contributed by atoms with van der Waals surface area (Å²) >= 11 is 3.57. The molecule has 0 spiro atoms. The molecular weight excluding hydrogens is 309 g/mol. The second kappa shape index (κ2) is 6.51. The van der Waals surface area contributed by atoms with Crippen LogP contribution < -0.4 is 5.32 Å². The van der Waals surface area contributed by atoms with Crippen LogP contribution in [0.15, 0.2) is 18.2 Å². The van der Waals surface area contributed by atoms with E-state index >= 15 is 0 Å². The van der Waals surface area contributed by atoms with Gasteiger partial charge in [-0.05, 0) is 42.5 Å². The third-order valence-corrected chi connectivity index (χ3v) is 3.40. The maximum absolute atomic E-state index is 13.0. The largest absolute Gasteiger partial charge is 0.351 e. The predicted molar refractivity (Wildman–Crippen MR) is 80.3 cm³/mol. The number of carbonyl (C=O) groups excluding carboxylic acids is 1. The number of nitrogens with one attached hydrogen (secondary N) is 1. The number of halogens is 2. The van der Waals surface area contributed by atoms with Gasteiger partial charge in [0.1, 0.15) is 5.82 Å². The first-order valence-electron chi connectivity index (χ1n) is 6.37. The Kier molecular flexibility index (Phi) is 5.53. The number of aryl methyl sites for hydroxylation is 1. The van der Waals surface area contributed by atoms with Crippen molar-refractivity contribution in [3.63, 3.8) is 0 Å². The van der Waals surface area contributed by atoms with Gasteiger partial charge in [-0.15, -0.1) is 0 Å². The van der Waals surface area contributed by atoms with Gasteiger partial charge >= 0.3 is 0 Å². The summed E-state index contributed by atoms with van der Waals surface area (Å²) < 4.78 is 13.0. The van der Waals surface area contributed by atoms with E-state index < -0.39 is 0 Å². The molecule has 1 aromatic carbocycles. The highest BCUT2D eigenvalue weighted by Gasteiger charge is 2.17. The Morgan fingerprint density at radius 2 is 2.05 bits per heavy atom. The molecule has 1 atom stereocenters. The van der Waals surface area contributed by atoms with Crippen molar-refractivity contribution < 1.29 is 9.18 Å².